The van der Waals surface area contributed by atoms with E-state index in [1.165, 1.54) is 6.39 Å². The van der Waals surface area contributed by atoms with Crippen molar-refractivity contribution in [1.29, 1.82) is 0 Å². The van der Waals surface area contributed by atoms with E-state index in [2.05, 4.69) is 20.3 Å². The van der Waals surface area contributed by atoms with Gasteiger partial charge in [0.05, 0.1) is 18.4 Å². The highest BCUT2D eigenvalue weighted by Gasteiger charge is 2.22. The Morgan fingerprint density at radius 3 is 2.85 bits per heavy atom. The van der Waals surface area contributed by atoms with Crippen LogP contribution in [-0.2, 0) is 17.8 Å². The molecule has 0 bridgehead atoms. The number of hydrogen-bond donors (Lipinski definition) is 2. The van der Waals surface area contributed by atoms with Gasteiger partial charge >= 0.3 is 0 Å². The van der Waals surface area contributed by atoms with Gasteiger partial charge in [0.1, 0.15) is 6.29 Å². The first kappa shape index (κ1) is 16.2. The lowest BCUT2D eigenvalue weighted by Gasteiger charge is -2.26. The number of fused-ring (bicyclic) bond motifs is 1. The highest BCUT2D eigenvalue weighted by atomic mass is 16.3. The van der Waals surface area contributed by atoms with Crippen LogP contribution in [0, 0.1) is 0 Å². The van der Waals surface area contributed by atoms with Gasteiger partial charge in [-0.3, -0.25) is 4.90 Å². The van der Waals surface area contributed by atoms with Crippen molar-refractivity contribution < 1.29 is 14.3 Å². The average Bonchev–Trinajstić information content (AvgIpc) is 3.18. The maximum Gasteiger partial charge on any atom is 0.230 e. The summed E-state index contributed by atoms with van der Waals surface area (Å²) in [5, 5.41) is 13.4. The molecule has 3 heterocycles. The van der Waals surface area contributed by atoms with E-state index in [1.807, 2.05) is 29.2 Å². The van der Waals surface area contributed by atoms with Crippen molar-refractivity contribution >= 4 is 17.9 Å². The van der Waals surface area contributed by atoms with Gasteiger partial charge in [-0.15, -0.1) is 0 Å². The molecule has 2 aromatic heterocycles. The minimum Gasteiger partial charge on any atom is -0.493 e. The summed E-state index contributed by atoms with van der Waals surface area (Å²) < 4.78 is 5.27. The second-order valence-electron chi connectivity index (χ2n) is 6.02. The van der Waals surface area contributed by atoms with Gasteiger partial charge < -0.3 is 19.6 Å². The number of aromatic nitrogens is 3. The average molecular weight is 351 g/mol. The third-order valence-electron chi connectivity index (χ3n) is 4.31. The lowest BCUT2D eigenvalue weighted by Crippen LogP contribution is -2.32. The number of aldehydes is 1. The molecule has 0 saturated carbocycles. The molecule has 0 radical (unpaired) electrons. The Balaban J connectivity index is 1.52. The summed E-state index contributed by atoms with van der Waals surface area (Å²) in [6.45, 7) is 1.55. The molecule has 0 spiro atoms. The lowest BCUT2D eigenvalue weighted by molar-refractivity contribution is -0.109. The van der Waals surface area contributed by atoms with E-state index in [9.17, 15) is 9.90 Å². The molecule has 3 aromatic rings. The van der Waals surface area contributed by atoms with Crippen LogP contribution in [-0.4, -0.2) is 44.3 Å². The Bertz CT molecular complexity index is 909. The molecular formula is C18H17N5O3. The maximum absolute atomic E-state index is 10.7. The van der Waals surface area contributed by atoms with Crippen LogP contribution in [0.25, 0.3) is 11.3 Å². The van der Waals surface area contributed by atoms with Crippen molar-refractivity contribution in [1.82, 2.24) is 19.9 Å². The van der Waals surface area contributed by atoms with Crippen LogP contribution in [0.15, 0.2) is 41.3 Å². The van der Waals surface area contributed by atoms with E-state index in [0.717, 1.165) is 29.8 Å². The molecule has 1 aliphatic heterocycles. The molecule has 0 unspecified atom stereocenters. The van der Waals surface area contributed by atoms with E-state index in [1.54, 1.807) is 6.20 Å². The van der Waals surface area contributed by atoms with Gasteiger partial charge in [0.15, 0.2) is 12.2 Å². The normalized spacial score (nSPS) is 14.0. The third-order valence-corrected chi connectivity index (χ3v) is 4.31. The monoisotopic (exact) mass is 351 g/mol. The number of anilines is 2. The molecule has 0 amide bonds. The molecule has 26 heavy (non-hydrogen) atoms. The first-order valence-corrected chi connectivity index (χ1v) is 8.23. The quantitative estimate of drug-likeness (QED) is 0.674. The summed E-state index contributed by atoms with van der Waals surface area (Å²) >= 11 is 0. The molecule has 1 aliphatic rings. The fraction of sp³-hybridized carbons (Fsp3) is 0.222. The Labute approximate surface area is 149 Å². The molecule has 2 N–H and O–H groups in total. The van der Waals surface area contributed by atoms with E-state index in [-0.39, 0.29) is 5.88 Å². The predicted molar refractivity (Wildman–Crippen MR) is 94.0 cm³/mol. The van der Waals surface area contributed by atoms with Gasteiger partial charge in [-0.1, -0.05) is 0 Å². The van der Waals surface area contributed by atoms with Gasteiger partial charge in [0.2, 0.25) is 11.8 Å². The Morgan fingerprint density at radius 2 is 2.12 bits per heavy atom. The topological polar surface area (TPSA) is 104 Å². The second-order valence-corrected chi connectivity index (χ2v) is 6.02. The van der Waals surface area contributed by atoms with Crippen molar-refractivity contribution in [3.05, 3.63) is 48.1 Å². The molecule has 132 valence electrons. The highest BCUT2D eigenvalue weighted by molar-refractivity contribution is 5.63. The molecule has 1 aromatic carbocycles. The largest absolute Gasteiger partial charge is 0.493 e. The number of benzene rings is 1. The van der Waals surface area contributed by atoms with Crippen molar-refractivity contribution in [2.24, 2.45) is 0 Å². The molecule has 4 rings (SSSR count). The van der Waals surface area contributed by atoms with E-state index in [0.29, 0.717) is 36.8 Å². The van der Waals surface area contributed by atoms with Gasteiger partial charge in [-0.05, 0) is 24.3 Å². The summed E-state index contributed by atoms with van der Waals surface area (Å²) in [5.74, 6) is 0.989. The van der Waals surface area contributed by atoms with Crippen molar-refractivity contribution in [3.8, 4) is 17.2 Å². The number of rotatable bonds is 5. The standard InChI is InChI=1S/C18H17N5O3/c24-8-7-23-6-5-15-14(10-23)17(25)22-18(21-15)20-13-3-1-12(2-4-13)16-9-19-11-26-16/h1-4,8-9,11H,5-7,10H2,(H2,20,21,22,25). The van der Waals surface area contributed by atoms with E-state index in [4.69, 9.17) is 4.42 Å². The van der Waals surface area contributed by atoms with Crippen LogP contribution in [0.1, 0.15) is 11.3 Å². The zero-order valence-electron chi connectivity index (χ0n) is 13.9. The number of nitrogens with one attached hydrogen (secondary N) is 1. The Hall–Kier alpha value is -3.26. The molecule has 8 heteroatoms. The van der Waals surface area contributed by atoms with Crippen LogP contribution in [0.5, 0.6) is 5.88 Å². The summed E-state index contributed by atoms with van der Waals surface area (Å²) in [6.07, 6.45) is 4.57. The predicted octanol–water partition coefficient (Wildman–Crippen LogP) is 2.14. The van der Waals surface area contributed by atoms with Gasteiger partial charge in [0, 0.05) is 36.3 Å². The van der Waals surface area contributed by atoms with Gasteiger partial charge in [-0.2, -0.15) is 4.98 Å². The SMILES string of the molecule is O=CCN1CCc2nc(Nc3ccc(-c4cnco4)cc3)nc(O)c2C1. The van der Waals surface area contributed by atoms with Gasteiger partial charge in [0.25, 0.3) is 0 Å². The van der Waals surface area contributed by atoms with E-state index < -0.39 is 0 Å². The smallest absolute Gasteiger partial charge is 0.230 e. The van der Waals surface area contributed by atoms with Crippen molar-refractivity contribution in [2.75, 3.05) is 18.4 Å². The fourth-order valence-electron chi connectivity index (χ4n) is 2.98. The molecule has 0 fully saturated rings. The number of hydrogen-bond acceptors (Lipinski definition) is 8. The first-order valence-electron chi connectivity index (χ1n) is 8.23. The van der Waals surface area contributed by atoms with Crippen molar-refractivity contribution in [2.45, 2.75) is 13.0 Å². The minimum atomic E-state index is -0.0496. The summed E-state index contributed by atoms with van der Waals surface area (Å²) in [4.78, 5) is 25.2. The zero-order chi connectivity index (χ0) is 17.9. The zero-order valence-corrected chi connectivity index (χ0v) is 13.9. The molecular weight excluding hydrogens is 334 g/mol. The highest BCUT2D eigenvalue weighted by Crippen LogP contribution is 2.27. The molecule has 0 saturated heterocycles. The number of nitrogens with zero attached hydrogens (tertiary/aromatic N) is 4. The van der Waals surface area contributed by atoms with Crippen LogP contribution >= 0.6 is 0 Å². The van der Waals surface area contributed by atoms with Crippen molar-refractivity contribution in [3.63, 3.8) is 0 Å². The second kappa shape index (κ2) is 6.93. The summed E-state index contributed by atoms with van der Waals surface area (Å²) in [7, 11) is 0. The van der Waals surface area contributed by atoms with Crippen LogP contribution in [0.2, 0.25) is 0 Å². The molecule has 0 atom stereocenters. The number of carbonyl (C=O) groups is 1. The van der Waals surface area contributed by atoms with Crippen LogP contribution < -0.4 is 5.32 Å². The third kappa shape index (κ3) is 3.27. The fourth-order valence-corrected chi connectivity index (χ4v) is 2.98. The van der Waals surface area contributed by atoms with Crippen LogP contribution in [0.4, 0.5) is 11.6 Å². The van der Waals surface area contributed by atoms with E-state index >= 15 is 0 Å². The maximum atomic E-state index is 10.7. The number of carbonyl (C=O) groups excluding carboxylic acids is 1. The summed E-state index contributed by atoms with van der Waals surface area (Å²) in [6, 6.07) is 7.56. The Morgan fingerprint density at radius 1 is 1.27 bits per heavy atom. The first-order chi connectivity index (χ1) is 12.7. The lowest BCUT2D eigenvalue weighted by atomic mass is 10.1. The Kier molecular flexibility index (Phi) is 4.32. The molecule has 8 nitrogen and oxygen atoms in total. The molecule has 0 aliphatic carbocycles. The summed E-state index contributed by atoms with van der Waals surface area (Å²) in [5.41, 5.74) is 3.20. The number of oxazole rings is 1. The van der Waals surface area contributed by atoms with Crippen LogP contribution in [0.3, 0.4) is 0 Å². The number of aromatic hydroxyl groups is 1. The van der Waals surface area contributed by atoms with Gasteiger partial charge in [-0.25, -0.2) is 9.97 Å². The minimum absolute atomic E-state index is 0.0496.